The lowest BCUT2D eigenvalue weighted by atomic mass is 10.2. The molecule has 0 amide bonds. The predicted molar refractivity (Wildman–Crippen MR) is 93.1 cm³/mol. The molecule has 5 heteroatoms. The van der Waals surface area contributed by atoms with E-state index in [1.807, 2.05) is 22.7 Å². The van der Waals surface area contributed by atoms with Crippen LogP contribution in [0.4, 0.5) is 0 Å². The zero-order valence-corrected chi connectivity index (χ0v) is 15.8. The molecule has 0 aliphatic carbocycles. The minimum atomic E-state index is 0.203. The lowest BCUT2D eigenvalue weighted by Gasteiger charge is -2.18. The van der Waals surface area contributed by atoms with Crippen LogP contribution < -0.4 is 5.32 Å². The van der Waals surface area contributed by atoms with Gasteiger partial charge in [0.2, 0.25) is 0 Å². The first-order valence-corrected chi connectivity index (χ1v) is 9.33. The highest BCUT2D eigenvalue weighted by molar-refractivity contribution is 9.10. The van der Waals surface area contributed by atoms with Gasteiger partial charge in [-0.1, -0.05) is 6.92 Å². The molecule has 0 bridgehead atoms. The summed E-state index contributed by atoms with van der Waals surface area (Å²) in [6, 6.07) is 2.85. The highest BCUT2D eigenvalue weighted by Gasteiger charge is 2.22. The Morgan fingerprint density at radius 3 is 2.40 bits per heavy atom. The largest absolute Gasteiger partial charge is 0.301 e. The van der Waals surface area contributed by atoms with Gasteiger partial charge in [0, 0.05) is 25.1 Å². The van der Waals surface area contributed by atoms with Crippen LogP contribution in [0.3, 0.4) is 0 Å². The van der Waals surface area contributed by atoms with Gasteiger partial charge in [-0.25, -0.2) is 4.98 Å². The summed E-state index contributed by atoms with van der Waals surface area (Å²) in [6.45, 7) is 10.9. The van der Waals surface area contributed by atoms with Crippen molar-refractivity contribution in [2.75, 3.05) is 0 Å². The van der Waals surface area contributed by atoms with Crippen molar-refractivity contribution in [3.8, 4) is 0 Å². The Labute approximate surface area is 137 Å². The van der Waals surface area contributed by atoms with Crippen molar-refractivity contribution in [3.63, 3.8) is 0 Å². The quantitative estimate of drug-likeness (QED) is 0.776. The maximum absolute atomic E-state index is 4.84. The van der Waals surface area contributed by atoms with Crippen LogP contribution in [-0.2, 0) is 6.42 Å². The van der Waals surface area contributed by atoms with E-state index in [0.29, 0.717) is 6.04 Å². The van der Waals surface area contributed by atoms with E-state index < -0.39 is 0 Å². The first-order chi connectivity index (χ1) is 9.42. The lowest BCUT2D eigenvalue weighted by Crippen LogP contribution is -2.28. The van der Waals surface area contributed by atoms with E-state index in [0.717, 1.165) is 6.42 Å². The molecule has 2 aromatic rings. The van der Waals surface area contributed by atoms with Crippen molar-refractivity contribution in [1.29, 1.82) is 0 Å². The maximum atomic E-state index is 4.84. The summed E-state index contributed by atoms with van der Waals surface area (Å²) in [4.78, 5) is 8.83. The normalized spacial score (nSPS) is 13.2. The molecular formula is C15H21BrN2S2. The summed E-state index contributed by atoms with van der Waals surface area (Å²) in [5.74, 6) is 0. The smallest absolute Gasteiger partial charge is 0.115 e. The Kier molecular flexibility index (Phi) is 5.40. The van der Waals surface area contributed by atoms with Gasteiger partial charge in [-0.3, -0.25) is 0 Å². The Morgan fingerprint density at radius 2 is 1.95 bits per heavy atom. The Morgan fingerprint density at radius 1 is 1.25 bits per heavy atom. The second kappa shape index (κ2) is 6.69. The van der Waals surface area contributed by atoms with Crippen molar-refractivity contribution in [2.45, 2.75) is 53.1 Å². The van der Waals surface area contributed by atoms with Crippen molar-refractivity contribution in [1.82, 2.24) is 10.3 Å². The summed E-state index contributed by atoms with van der Waals surface area (Å²) < 4.78 is 1.19. The molecule has 110 valence electrons. The zero-order valence-electron chi connectivity index (χ0n) is 12.6. The van der Waals surface area contributed by atoms with Gasteiger partial charge in [-0.15, -0.1) is 22.7 Å². The molecule has 1 unspecified atom stereocenters. The minimum Gasteiger partial charge on any atom is -0.301 e. The third-order valence-electron chi connectivity index (χ3n) is 3.15. The molecule has 1 N–H and O–H groups in total. The molecule has 20 heavy (non-hydrogen) atoms. The van der Waals surface area contributed by atoms with Crippen LogP contribution >= 0.6 is 38.6 Å². The van der Waals surface area contributed by atoms with Crippen molar-refractivity contribution < 1.29 is 0 Å². The minimum absolute atomic E-state index is 0.203. The molecule has 0 aliphatic rings. The molecule has 2 heterocycles. The van der Waals surface area contributed by atoms with E-state index in [-0.39, 0.29) is 6.04 Å². The number of thiazole rings is 1. The van der Waals surface area contributed by atoms with Gasteiger partial charge in [0.05, 0.1) is 11.7 Å². The lowest BCUT2D eigenvalue weighted by molar-refractivity contribution is 0.531. The van der Waals surface area contributed by atoms with E-state index in [2.05, 4.69) is 61.9 Å². The fourth-order valence-corrected chi connectivity index (χ4v) is 4.92. The SMILES string of the molecule is CCc1nc(C(NC(C)C)c2cc(Br)c(C)s2)sc1C. The van der Waals surface area contributed by atoms with E-state index in [9.17, 15) is 0 Å². The van der Waals surface area contributed by atoms with E-state index in [1.54, 1.807) is 0 Å². The Bertz CT molecular complexity index is 567. The molecular weight excluding hydrogens is 352 g/mol. The second-order valence-corrected chi connectivity index (χ2v) is 8.59. The summed E-state index contributed by atoms with van der Waals surface area (Å²) in [6.07, 6.45) is 1.00. The molecule has 0 fully saturated rings. The molecule has 0 saturated carbocycles. The number of aromatic nitrogens is 1. The van der Waals surface area contributed by atoms with Gasteiger partial charge < -0.3 is 5.32 Å². The fraction of sp³-hybridized carbons (Fsp3) is 0.533. The van der Waals surface area contributed by atoms with Crippen LogP contribution in [0, 0.1) is 13.8 Å². The molecule has 2 rings (SSSR count). The number of nitrogens with zero attached hydrogens (tertiary/aromatic N) is 1. The summed E-state index contributed by atoms with van der Waals surface area (Å²) >= 11 is 7.28. The number of hydrogen-bond acceptors (Lipinski definition) is 4. The van der Waals surface area contributed by atoms with Crippen LogP contribution in [0.25, 0.3) is 0 Å². The molecule has 0 radical (unpaired) electrons. The van der Waals surface area contributed by atoms with Crippen LogP contribution in [-0.4, -0.2) is 11.0 Å². The highest BCUT2D eigenvalue weighted by Crippen LogP contribution is 2.36. The van der Waals surface area contributed by atoms with Crippen LogP contribution in [0.5, 0.6) is 0 Å². The number of rotatable bonds is 5. The van der Waals surface area contributed by atoms with E-state index >= 15 is 0 Å². The molecule has 0 aliphatic heterocycles. The zero-order chi connectivity index (χ0) is 14.9. The van der Waals surface area contributed by atoms with Crippen molar-refractivity contribution in [3.05, 3.63) is 35.9 Å². The second-order valence-electron chi connectivity index (χ2n) is 5.22. The first kappa shape index (κ1) is 16.1. The molecule has 0 saturated heterocycles. The predicted octanol–water partition coefficient (Wildman–Crippen LogP) is 5.23. The maximum Gasteiger partial charge on any atom is 0.115 e. The number of halogens is 1. The first-order valence-electron chi connectivity index (χ1n) is 6.90. The summed E-state index contributed by atoms with van der Waals surface area (Å²) in [5, 5.41) is 4.84. The molecule has 0 spiro atoms. The van der Waals surface area contributed by atoms with Gasteiger partial charge in [0.1, 0.15) is 5.01 Å². The molecule has 2 nitrogen and oxygen atoms in total. The summed E-state index contributed by atoms with van der Waals surface area (Å²) in [7, 11) is 0. The standard InChI is InChI=1S/C15H21BrN2S2/c1-6-12-10(5)20-15(18-12)14(17-8(2)3)13-7-11(16)9(4)19-13/h7-8,14,17H,6H2,1-5H3. The average Bonchev–Trinajstić information content (AvgIpc) is 2.90. The number of hydrogen-bond donors (Lipinski definition) is 1. The van der Waals surface area contributed by atoms with Crippen LogP contribution in [0.2, 0.25) is 0 Å². The third-order valence-corrected chi connectivity index (χ3v) is 6.43. The van der Waals surface area contributed by atoms with Gasteiger partial charge in [0.15, 0.2) is 0 Å². The van der Waals surface area contributed by atoms with Gasteiger partial charge in [-0.2, -0.15) is 0 Å². The third kappa shape index (κ3) is 3.50. The van der Waals surface area contributed by atoms with Gasteiger partial charge in [0.25, 0.3) is 0 Å². The Balaban J connectivity index is 2.40. The molecule has 2 aromatic heterocycles. The average molecular weight is 373 g/mol. The van der Waals surface area contributed by atoms with Crippen LogP contribution in [0.15, 0.2) is 10.5 Å². The van der Waals surface area contributed by atoms with Crippen molar-refractivity contribution in [2.24, 2.45) is 0 Å². The molecule has 0 aromatic carbocycles. The monoisotopic (exact) mass is 372 g/mol. The number of thiophene rings is 1. The fourth-order valence-electron chi connectivity index (χ4n) is 2.13. The highest BCUT2D eigenvalue weighted by atomic mass is 79.9. The van der Waals surface area contributed by atoms with Gasteiger partial charge in [-0.05, 0) is 56.1 Å². The van der Waals surface area contributed by atoms with Crippen LogP contribution in [0.1, 0.15) is 52.1 Å². The number of nitrogens with one attached hydrogen (secondary N) is 1. The van der Waals surface area contributed by atoms with E-state index in [1.165, 1.54) is 29.8 Å². The topological polar surface area (TPSA) is 24.9 Å². The van der Waals surface area contributed by atoms with Crippen molar-refractivity contribution >= 4 is 38.6 Å². The van der Waals surface area contributed by atoms with E-state index in [4.69, 9.17) is 4.98 Å². The summed E-state index contributed by atoms with van der Waals surface area (Å²) in [5.41, 5.74) is 1.23. The Hall–Kier alpha value is -0.230. The van der Waals surface area contributed by atoms with Gasteiger partial charge >= 0.3 is 0 Å². The molecule has 1 atom stereocenters. The number of aryl methyl sites for hydroxylation is 3.